The van der Waals surface area contributed by atoms with E-state index in [1.54, 1.807) is 12.1 Å². The van der Waals surface area contributed by atoms with Gasteiger partial charge in [0.2, 0.25) is 0 Å². The zero-order valence-corrected chi connectivity index (χ0v) is 6.91. The van der Waals surface area contributed by atoms with Crippen molar-refractivity contribution in [2.45, 2.75) is 0 Å². The highest BCUT2D eigenvalue weighted by atomic mass is 16.5. The Balaban J connectivity index is 2.58. The smallest absolute Gasteiger partial charge is 0.355 e. The molecule has 0 aliphatic rings. The first kappa shape index (κ1) is 8.36. The number of aromatic nitrogens is 3. The molecule has 2 aromatic heterocycles. The average Bonchev–Trinajstić information content (AvgIpc) is 2.70. The molecule has 0 unspecified atom stereocenters. The first-order chi connectivity index (χ1) is 6.79. The van der Waals surface area contributed by atoms with Crippen LogP contribution in [0.15, 0.2) is 29.0 Å². The predicted octanol–water partition coefficient (Wildman–Crippen LogP) is 0.830. The fourth-order valence-electron chi connectivity index (χ4n) is 1.06. The second kappa shape index (κ2) is 3.25. The highest BCUT2D eigenvalue weighted by Gasteiger charge is 2.15. The van der Waals surface area contributed by atoms with Crippen LogP contribution >= 0.6 is 0 Å². The summed E-state index contributed by atoms with van der Waals surface area (Å²) >= 11 is 0. The number of hydrogen-bond donors (Lipinski definition) is 1. The topological polar surface area (TPSA) is 89.1 Å². The third kappa shape index (κ3) is 1.33. The third-order valence-corrected chi connectivity index (χ3v) is 1.64. The molecule has 2 rings (SSSR count). The lowest BCUT2D eigenvalue weighted by Gasteiger charge is -1.98. The molecular weight excluding hydrogens is 186 g/mol. The Morgan fingerprint density at radius 2 is 2.36 bits per heavy atom. The lowest BCUT2D eigenvalue weighted by atomic mass is 10.1. The molecular formula is C8H5N3O3. The van der Waals surface area contributed by atoms with Crippen LogP contribution in [0.1, 0.15) is 10.5 Å². The molecule has 0 fully saturated rings. The summed E-state index contributed by atoms with van der Waals surface area (Å²) in [5.74, 6) is -0.826. The van der Waals surface area contributed by atoms with Gasteiger partial charge in [-0.25, -0.2) is 9.78 Å². The molecule has 2 heterocycles. The van der Waals surface area contributed by atoms with Crippen LogP contribution in [0.4, 0.5) is 0 Å². The number of carboxylic acids is 1. The standard InChI is InChI=1S/C8H5N3O3/c12-8(13)7-5(2-1-3-9-7)6-4-10-11-14-6/h1-4H,(H,12,13). The zero-order chi connectivity index (χ0) is 9.97. The summed E-state index contributed by atoms with van der Waals surface area (Å²) in [7, 11) is 0. The van der Waals surface area contributed by atoms with E-state index in [2.05, 4.69) is 15.4 Å². The molecule has 14 heavy (non-hydrogen) atoms. The molecule has 0 aromatic carbocycles. The van der Waals surface area contributed by atoms with E-state index in [-0.39, 0.29) is 11.5 Å². The predicted molar refractivity (Wildman–Crippen MR) is 44.5 cm³/mol. The summed E-state index contributed by atoms with van der Waals surface area (Å²) in [4.78, 5) is 14.5. The lowest BCUT2D eigenvalue weighted by Crippen LogP contribution is -2.01. The van der Waals surface area contributed by atoms with Gasteiger partial charge in [0.25, 0.3) is 0 Å². The van der Waals surface area contributed by atoms with Crippen molar-refractivity contribution in [3.8, 4) is 11.3 Å². The van der Waals surface area contributed by atoms with Gasteiger partial charge >= 0.3 is 5.97 Å². The number of hydrogen-bond acceptors (Lipinski definition) is 5. The molecule has 0 aliphatic carbocycles. The van der Waals surface area contributed by atoms with E-state index in [1.807, 2.05) is 0 Å². The first-order valence-corrected chi connectivity index (χ1v) is 3.75. The van der Waals surface area contributed by atoms with Crippen molar-refractivity contribution < 1.29 is 14.4 Å². The molecule has 0 saturated heterocycles. The van der Waals surface area contributed by atoms with Gasteiger partial charge in [-0.05, 0) is 12.1 Å². The van der Waals surface area contributed by atoms with Crippen LogP contribution in [0.3, 0.4) is 0 Å². The zero-order valence-electron chi connectivity index (χ0n) is 6.91. The van der Waals surface area contributed by atoms with Crippen molar-refractivity contribution in [2.75, 3.05) is 0 Å². The summed E-state index contributed by atoms with van der Waals surface area (Å²) in [5, 5.41) is 15.5. The summed E-state index contributed by atoms with van der Waals surface area (Å²) in [6.45, 7) is 0. The highest BCUT2D eigenvalue weighted by molar-refractivity contribution is 5.92. The Bertz CT molecular complexity index is 453. The van der Waals surface area contributed by atoms with Crippen LogP contribution in [0.5, 0.6) is 0 Å². The minimum Gasteiger partial charge on any atom is -0.476 e. The number of carboxylic acid groups (broad SMARTS) is 1. The number of nitrogens with zero attached hydrogens (tertiary/aromatic N) is 3. The van der Waals surface area contributed by atoms with Crippen molar-refractivity contribution >= 4 is 5.97 Å². The quantitative estimate of drug-likeness (QED) is 0.756. The van der Waals surface area contributed by atoms with E-state index in [0.717, 1.165) is 0 Å². The summed E-state index contributed by atoms with van der Waals surface area (Å²) in [5.41, 5.74) is 0.288. The summed E-state index contributed by atoms with van der Waals surface area (Å²) < 4.78 is 4.75. The van der Waals surface area contributed by atoms with Gasteiger partial charge < -0.3 is 9.63 Å². The minimum atomic E-state index is -1.11. The van der Waals surface area contributed by atoms with E-state index in [4.69, 9.17) is 9.63 Å². The lowest BCUT2D eigenvalue weighted by molar-refractivity contribution is 0.0691. The number of rotatable bonds is 2. The van der Waals surface area contributed by atoms with E-state index in [9.17, 15) is 4.79 Å². The highest BCUT2D eigenvalue weighted by Crippen LogP contribution is 2.20. The molecule has 6 nitrogen and oxygen atoms in total. The first-order valence-electron chi connectivity index (χ1n) is 3.75. The van der Waals surface area contributed by atoms with Gasteiger partial charge in [0.15, 0.2) is 11.5 Å². The summed E-state index contributed by atoms with van der Waals surface area (Å²) in [6, 6.07) is 3.20. The van der Waals surface area contributed by atoms with Crippen LogP contribution in [-0.2, 0) is 0 Å². The van der Waals surface area contributed by atoms with Crippen molar-refractivity contribution in [1.82, 2.24) is 15.4 Å². The van der Waals surface area contributed by atoms with E-state index >= 15 is 0 Å². The Hall–Kier alpha value is -2.24. The molecule has 0 amide bonds. The van der Waals surface area contributed by atoms with Crippen molar-refractivity contribution in [2.24, 2.45) is 0 Å². The number of carbonyl (C=O) groups is 1. The Kier molecular flexibility index (Phi) is 1.94. The molecule has 0 saturated carbocycles. The normalized spacial score (nSPS) is 10.0. The average molecular weight is 191 g/mol. The van der Waals surface area contributed by atoms with Crippen molar-refractivity contribution in [1.29, 1.82) is 0 Å². The minimum absolute atomic E-state index is 0.0777. The Morgan fingerprint density at radius 1 is 1.50 bits per heavy atom. The van der Waals surface area contributed by atoms with E-state index < -0.39 is 5.97 Å². The molecule has 1 N–H and O–H groups in total. The monoisotopic (exact) mass is 191 g/mol. The molecule has 0 spiro atoms. The maximum Gasteiger partial charge on any atom is 0.355 e. The van der Waals surface area contributed by atoms with Gasteiger partial charge in [-0.15, -0.1) is 5.10 Å². The third-order valence-electron chi connectivity index (χ3n) is 1.64. The van der Waals surface area contributed by atoms with Gasteiger partial charge in [-0.3, -0.25) is 0 Å². The molecule has 6 heteroatoms. The van der Waals surface area contributed by atoms with E-state index in [0.29, 0.717) is 5.56 Å². The van der Waals surface area contributed by atoms with Gasteiger partial charge in [0.05, 0.1) is 11.8 Å². The van der Waals surface area contributed by atoms with Gasteiger partial charge in [-0.2, -0.15) is 0 Å². The van der Waals surface area contributed by atoms with Gasteiger partial charge in [0, 0.05) is 11.5 Å². The maximum absolute atomic E-state index is 10.8. The summed E-state index contributed by atoms with van der Waals surface area (Å²) in [6.07, 6.45) is 2.74. The second-order valence-electron chi connectivity index (χ2n) is 2.49. The van der Waals surface area contributed by atoms with Crippen LogP contribution < -0.4 is 0 Å². The molecule has 0 atom stereocenters. The van der Waals surface area contributed by atoms with Gasteiger partial charge in [-0.1, -0.05) is 0 Å². The van der Waals surface area contributed by atoms with Crippen LogP contribution in [-0.4, -0.2) is 26.4 Å². The molecule has 2 aromatic rings. The van der Waals surface area contributed by atoms with Crippen LogP contribution in [0, 0.1) is 0 Å². The van der Waals surface area contributed by atoms with Gasteiger partial charge in [0.1, 0.15) is 0 Å². The fourth-order valence-corrected chi connectivity index (χ4v) is 1.06. The number of pyridine rings is 1. The fraction of sp³-hybridized carbons (Fsp3) is 0. The van der Waals surface area contributed by atoms with E-state index in [1.165, 1.54) is 12.4 Å². The molecule has 0 radical (unpaired) electrons. The SMILES string of the molecule is O=C(O)c1ncccc1-c1cnno1. The Labute approximate surface area is 78.2 Å². The van der Waals surface area contributed by atoms with Crippen molar-refractivity contribution in [3.63, 3.8) is 0 Å². The van der Waals surface area contributed by atoms with Crippen LogP contribution in [0.2, 0.25) is 0 Å². The number of aromatic carboxylic acids is 1. The van der Waals surface area contributed by atoms with Crippen LogP contribution in [0.25, 0.3) is 11.3 Å². The second-order valence-corrected chi connectivity index (χ2v) is 2.49. The maximum atomic E-state index is 10.8. The largest absolute Gasteiger partial charge is 0.476 e. The molecule has 0 aliphatic heterocycles. The van der Waals surface area contributed by atoms with Crippen molar-refractivity contribution in [3.05, 3.63) is 30.2 Å². The Morgan fingerprint density at radius 3 is 3.00 bits per heavy atom. The molecule has 0 bridgehead atoms. The molecule has 70 valence electrons.